The van der Waals surface area contributed by atoms with E-state index in [9.17, 15) is 15.2 Å². The summed E-state index contributed by atoms with van der Waals surface area (Å²) in [5.74, 6) is 0.445. The van der Waals surface area contributed by atoms with Crippen LogP contribution in [0.2, 0.25) is 0 Å². The molecule has 0 radical (unpaired) electrons. The van der Waals surface area contributed by atoms with Gasteiger partial charge in [0.2, 0.25) is 0 Å². The highest BCUT2D eigenvalue weighted by Crippen LogP contribution is 2.33. The Morgan fingerprint density at radius 2 is 1.87 bits per heavy atom. The van der Waals surface area contributed by atoms with Crippen LogP contribution in [0.4, 0.5) is 5.69 Å². The zero-order valence-corrected chi connectivity index (χ0v) is 18.3. The molecule has 0 aliphatic rings. The third-order valence-electron chi connectivity index (χ3n) is 4.76. The topological polar surface area (TPSA) is 82.3 Å². The predicted molar refractivity (Wildman–Crippen MR) is 124 cm³/mol. The minimum Gasteiger partial charge on any atom is -0.507 e. The molecule has 0 aromatic heterocycles. The number of nitriles is 1. The van der Waals surface area contributed by atoms with E-state index in [2.05, 4.69) is 10.8 Å². The Kier molecular flexibility index (Phi) is 7.58. The van der Waals surface area contributed by atoms with E-state index in [0.717, 1.165) is 22.6 Å². The molecule has 158 valence electrons. The van der Waals surface area contributed by atoms with Crippen molar-refractivity contribution in [3.63, 3.8) is 0 Å². The van der Waals surface area contributed by atoms with Gasteiger partial charge in [-0.15, -0.1) is 0 Å². The summed E-state index contributed by atoms with van der Waals surface area (Å²) in [6.07, 6.45) is 1.47. The summed E-state index contributed by atoms with van der Waals surface area (Å²) in [7, 11) is 0. The van der Waals surface area contributed by atoms with Gasteiger partial charge in [-0.1, -0.05) is 37.6 Å². The summed E-state index contributed by atoms with van der Waals surface area (Å²) in [5.41, 5.74) is 3.35. The molecule has 6 heteroatoms. The van der Waals surface area contributed by atoms with Gasteiger partial charge in [0, 0.05) is 10.5 Å². The number of ether oxygens (including phenoxy) is 1. The van der Waals surface area contributed by atoms with Crippen molar-refractivity contribution < 1.29 is 14.6 Å². The fourth-order valence-corrected chi connectivity index (χ4v) is 3.81. The molecule has 3 aromatic carbocycles. The number of rotatable bonds is 9. The number of Topliss-reactive ketones (excluding diaryl/α,β-unsaturated/α-hetero) is 1. The van der Waals surface area contributed by atoms with Crippen molar-refractivity contribution in [3.05, 3.63) is 82.9 Å². The predicted octanol–water partition coefficient (Wildman–Crippen LogP) is 6.12. The zero-order valence-electron chi connectivity index (χ0n) is 17.5. The van der Waals surface area contributed by atoms with Gasteiger partial charge in [0.05, 0.1) is 16.8 Å². The number of phenolic OH excluding ortho intramolecular Hbond substituents is 1. The lowest BCUT2D eigenvalue weighted by Crippen LogP contribution is -2.02. The monoisotopic (exact) mass is 432 g/mol. The number of phenols is 1. The van der Waals surface area contributed by atoms with E-state index in [1.807, 2.05) is 49.4 Å². The Labute approximate surface area is 186 Å². The minimum absolute atomic E-state index is 0.0160. The van der Waals surface area contributed by atoms with Crippen LogP contribution in [0.3, 0.4) is 0 Å². The molecule has 3 rings (SSSR count). The Balaban J connectivity index is 1.65. The van der Waals surface area contributed by atoms with E-state index in [4.69, 9.17) is 4.74 Å². The maximum Gasteiger partial charge on any atom is 0.163 e. The summed E-state index contributed by atoms with van der Waals surface area (Å²) < 4.78 is 9.17. The van der Waals surface area contributed by atoms with Crippen LogP contribution in [0.25, 0.3) is 0 Å². The summed E-state index contributed by atoms with van der Waals surface area (Å²) in [6, 6.07) is 20.8. The first-order chi connectivity index (χ1) is 15.0. The second-order valence-corrected chi connectivity index (χ2v) is 7.92. The molecule has 0 heterocycles. The number of carbonyl (C=O) groups excluding carboxylic acids is 1. The number of carbonyl (C=O) groups is 1. The highest BCUT2D eigenvalue weighted by Gasteiger charge is 2.16. The van der Waals surface area contributed by atoms with E-state index >= 15 is 0 Å². The van der Waals surface area contributed by atoms with Gasteiger partial charge >= 0.3 is 0 Å². The van der Waals surface area contributed by atoms with Crippen LogP contribution in [0, 0.1) is 11.3 Å². The number of ketones is 1. The average molecular weight is 433 g/mol. The van der Waals surface area contributed by atoms with Crippen molar-refractivity contribution in [2.45, 2.75) is 38.2 Å². The lowest BCUT2D eigenvalue weighted by atomic mass is 10.0. The number of hydrogen-bond donors (Lipinski definition) is 2. The number of hydrogen-bond acceptors (Lipinski definition) is 6. The van der Waals surface area contributed by atoms with Gasteiger partial charge in [0.25, 0.3) is 0 Å². The molecule has 0 aliphatic carbocycles. The fourth-order valence-electron chi connectivity index (χ4n) is 3.13. The second kappa shape index (κ2) is 10.6. The lowest BCUT2D eigenvalue weighted by Gasteiger charge is -2.15. The van der Waals surface area contributed by atoms with Crippen molar-refractivity contribution in [3.8, 4) is 17.6 Å². The van der Waals surface area contributed by atoms with Crippen molar-refractivity contribution in [1.29, 1.82) is 5.26 Å². The van der Waals surface area contributed by atoms with Crippen molar-refractivity contribution in [2.75, 3.05) is 4.72 Å². The summed E-state index contributed by atoms with van der Waals surface area (Å²) in [5, 5.41) is 19.6. The number of aromatic hydroxyl groups is 1. The third kappa shape index (κ3) is 5.59. The summed E-state index contributed by atoms with van der Waals surface area (Å²) in [4.78, 5) is 12.7. The zero-order chi connectivity index (χ0) is 22.2. The summed E-state index contributed by atoms with van der Waals surface area (Å²) in [6.45, 7) is 3.81. The number of anilines is 1. The van der Waals surface area contributed by atoms with Crippen LogP contribution < -0.4 is 9.46 Å². The fraction of sp³-hybridized carbons (Fsp3) is 0.200. The molecule has 0 saturated heterocycles. The van der Waals surface area contributed by atoms with Gasteiger partial charge in [0.1, 0.15) is 24.2 Å². The quantitative estimate of drug-likeness (QED) is 0.313. The molecule has 0 spiro atoms. The lowest BCUT2D eigenvalue weighted by molar-refractivity contribution is 0.101. The maximum absolute atomic E-state index is 11.7. The van der Waals surface area contributed by atoms with Crippen LogP contribution in [0.15, 0.2) is 65.6 Å². The van der Waals surface area contributed by atoms with Gasteiger partial charge in [-0.2, -0.15) is 5.26 Å². The Morgan fingerprint density at radius 1 is 1.13 bits per heavy atom. The first kappa shape index (κ1) is 22.3. The van der Waals surface area contributed by atoms with Crippen LogP contribution in [0.1, 0.15) is 47.3 Å². The molecule has 0 aliphatic heterocycles. The van der Waals surface area contributed by atoms with E-state index < -0.39 is 0 Å². The minimum atomic E-state index is -0.166. The van der Waals surface area contributed by atoms with Crippen LogP contribution >= 0.6 is 11.9 Å². The highest BCUT2D eigenvalue weighted by molar-refractivity contribution is 8.00. The first-order valence-electron chi connectivity index (χ1n) is 10.0. The Hall–Kier alpha value is -3.43. The largest absolute Gasteiger partial charge is 0.507 e. The van der Waals surface area contributed by atoms with Gasteiger partial charge in [-0.3, -0.25) is 4.79 Å². The third-order valence-corrected chi connectivity index (χ3v) is 5.59. The Bertz CT molecular complexity index is 1100. The number of para-hydroxylation sites is 1. The van der Waals surface area contributed by atoms with E-state index in [-0.39, 0.29) is 11.5 Å². The molecule has 31 heavy (non-hydrogen) atoms. The van der Waals surface area contributed by atoms with Gasteiger partial charge < -0.3 is 14.6 Å². The van der Waals surface area contributed by atoms with Gasteiger partial charge in [0.15, 0.2) is 5.78 Å². The first-order valence-corrected chi connectivity index (χ1v) is 10.8. The Morgan fingerprint density at radius 3 is 2.55 bits per heavy atom. The molecule has 2 N–H and O–H groups in total. The molecule has 0 bridgehead atoms. The smallest absolute Gasteiger partial charge is 0.163 e. The molecule has 3 aromatic rings. The molecule has 5 nitrogen and oxygen atoms in total. The summed E-state index contributed by atoms with van der Waals surface area (Å²) >= 11 is 1.43. The van der Waals surface area contributed by atoms with E-state index in [0.29, 0.717) is 35.5 Å². The highest BCUT2D eigenvalue weighted by atomic mass is 32.2. The molecule has 0 unspecified atom stereocenters. The molecule has 0 amide bonds. The maximum atomic E-state index is 11.7. The average Bonchev–Trinajstić information content (AvgIpc) is 2.78. The van der Waals surface area contributed by atoms with Crippen molar-refractivity contribution >= 4 is 23.4 Å². The normalized spacial score (nSPS) is 10.4. The van der Waals surface area contributed by atoms with Crippen molar-refractivity contribution in [2.24, 2.45) is 0 Å². The van der Waals surface area contributed by atoms with Crippen molar-refractivity contribution in [1.82, 2.24) is 0 Å². The molecule has 0 fully saturated rings. The molecule has 0 saturated carbocycles. The van der Waals surface area contributed by atoms with E-state index in [1.165, 1.54) is 18.9 Å². The standard InChI is InChI=1S/C25H24N2O3S/c1-3-6-22-24(14-13-21(17(2)28)25(22)29)30-16-18-9-11-20(12-10-18)31-27-23-8-5-4-7-19(23)15-26/h4-5,7-14,27,29H,3,6,16H2,1-2H3. The molecule has 0 atom stereocenters. The van der Waals surface area contributed by atoms with Gasteiger partial charge in [-0.05, 0) is 67.3 Å². The van der Waals surface area contributed by atoms with Gasteiger partial charge in [-0.25, -0.2) is 0 Å². The van der Waals surface area contributed by atoms with Crippen LogP contribution in [-0.2, 0) is 13.0 Å². The second-order valence-electron chi connectivity index (χ2n) is 7.04. The number of benzene rings is 3. The van der Waals surface area contributed by atoms with E-state index in [1.54, 1.807) is 18.2 Å². The molecular weight excluding hydrogens is 408 g/mol. The van der Waals surface area contributed by atoms with Crippen LogP contribution in [0.5, 0.6) is 11.5 Å². The molecular formula is C25H24N2O3S. The number of nitrogens with one attached hydrogen (secondary N) is 1. The number of nitrogens with zero attached hydrogens (tertiary/aromatic N) is 1. The van der Waals surface area contributed by atoms with Crippen LogP contribution in [-0.4, -0.2) is 10.9 Å². The SMILES string of the molecule is CCCc1c(OCc2ccc(SNc3ccccc3C#N)cc2)ccc(C(C)=O)c1O.